The van der Waals surface area contributed by atoms with E-state index in [9.17, 15) is 9.59 Å². The number of thiophene rings is 2. The summed E-state index contributed by atoms with van der Waals surface area (Å²) in [5.41, 5.74) is 5.38. The first kappa shape index (κ1) is 36.5. The van der Waals surface area contributed by atoms with Gasteiger partial charge in [-0.05, 0) is 81.6 Å². The van der Waals surface area contributed by atoms with Crippen LogP contribution in [0, 0.1) is 11.8 Å². The molecule has 0 radical (unpaired) electrons. The van der Waals surface area contributed by atoms with Gasteiger partial charge in [-0.15, -0.1) is 22.7 Å². The van der Waals surface area contributed by atoms with Gasteiger partial charge >= 0.3 is 0 Å². The van der Waals surface area contributed by atoms with Crippen LogP contribution in [0.1, 0.15) is 88.8 Å². The van der Waals surface area contributed by atoms with E-state index in [1.165, 1.54) is 21.5 Å². The Kier molecular flexibility index (Phi) is 10.6. The number of carbonyl (C=O) groups is 2. The van der Waals surface area contributed by atoms with Crippen molar-refractivity contribution in [2.75, 3.05) is 22.9 Å². The fourth-order valence-electron chi connectivity index (χ4n) is 8.33. The summed E-state index contributed by atoms with van der Waals surface area (Å²) in [5.74, 6) is 0.746. The van der Waals surface area contributed by atoms with E-state index in [0.29, 0.717) is 36.1 Å². The highest BCUT2D eigenvalue weighted by Gasteiger charge is 2.45. The quantitative estimate of drug-likeness (QED) is 0.104. The molecule has 2 unspecified atom stereocenters. The van der Waals surface area contributed by atoms with Gasteiger partial charge in [-0.25, -0.2) is 0 Å². The zero-order valence-electron chi connectivity index (χ0n) is 32.0. The molecule has 276 valence electrons. The van der Waals surface area contributed by atoms with Crippen molar-refractivity contribution in [2.45, 2.75) is 79.1 Å². The lowest BCUT2D eigenvalue weighted by Crippen LogP contribution is -2.34. The van der Waals surface area contributed by atoms with Gasteiger partial charge < -0.3 is 9.80 Å². The maximum Gasteiger partial charge on any atom is 0.260 e. The van der Waals surface area contributed by atoms with E-state index >= 15 is 0 Å². The van der Waals surface area contributed by atoms with Crippen molar-refractivity contribution in [3.05, 3.63) is 107 Å². The third-order valence-corrected chi connectivity index (χ3v) is 14.0. The van der Waals surface area contributed by atoms with Crippen LogP contribution in [-0.2, 0) is 9.59 Å². The lowest BCUT2D eigenvalue weighted by Gasteiger charge is -2.24. The van der Waals surface area contributed by atoms with Gasteiger partial charge in [-0.1, -0.05) is 139 Å². The Balaban J connectivity index is 1.29. The highest BCUT2D eigenvalue weighted by atomic mass is 32.1. The summed E-state index contributed by atoms with van der Waals surface area (Å²) in [6.07, 6.45) is 8.77. The van der Waals surface area contributed by atoms with Crippen LogP contribution in [0.3, 0.4) is 0 Å². The van der Waals surface area contributed by atoms with E-state index in [-0.39, 0.29) is 11.8 Å². The van der Waals surface area contributed by atoms with E-state index < -0.39 is 0 Å². The molecule has 0 N–H and O–H groups in total. The third kappa shape index (κ3) is 6.73. The van der Waals surface area contributed by atoms with E-state index in [0.717, 1.165) is 93.4 Å². The Morgan fingerprint density at radius 1 is 0.519 bits per heavy atom. The van der Waals surface area contributed by atoms with Crippen LogP contribution >= 0.6 is 22.7 Å². The molecule has 0 saturated carbocycles. The van der Waals surface area contributed by atoms with Crippen LogP contribution in [-0.4, -0.2) is 24.9 Å². The van der Waals surface area contributed by atoms with Crippen molar-refractivity contribution < 1.29 is 9.59 Å². The molecular weight excluding hydrogens is 701 g/mol. The minimum Gasteiger partial charge on any atom is -0.307 e. The fraction of sp³-hybridized carbons (Fsp3) is 0.333. The van der Waals surface area contributed by atoms with Gasteiger partial charge in [0, 0.05) is 22.8 Å². The number of carbonyl (C=O) groups excluding carboxylic acids is 2. The number of hydrogen-bond acceptors (Lipinski definition) is 4. The Hall–Kier alpha value is -4.52. The average Bonchev–Trinajstić information content (AvgIpc) is 3.95. The summed E-state index contributed by atoms with van der Waals surface area (Å²) in [6, 6.07) is 34.6. The standard InChI is InChI=1S/C48H50N2O2S2/c1-5-9-15-31(7-3)29-49-39-27-41(37-23-21-33-17-11-13-19-35(33)25-37)53-45(39)43(47(49)51)44-46-40(50(48(44)52)30-32(8-4)16-10-6-2)28-42(54-46)38-24-22-34-18-12-14-20-36(34)26-38/h11-14,17-28,31-32H,5-10,15-16,29-30H2,1-4H3/b44-43-. The summed E-state index contributed by atoms with van der Waals surface area (Å²) in [7, 11) is 0. The second-order valence-corrected chi connectivity index (χ2v) is 17.3. The number of hydrogen-bond donors (Lipinski definition) is 0. The van der Waals surface area contributed by atoms with Gasteiger partial charge in [0.2, 0.25) is 0 Å². The molecule has 0 aliphatic carbocycles. The lowest BCUT2D eigenvalue weighted by molar-refractivity contribution is -0.114. The number of rotatable bonds is 14. The smallest absolute Gasteiger partial charge is 0.260 e. The minimum atomic E-state index is -0.0221. The monoisotopic (exact) mass is 750 g/mol. The number of fused-ring (bicyclic) bond motifs is 4. The van der Waals surface area contributed by atoms with Crippen LogP contribution in [0.4, 0.5) is 11.4 Å². The zero-order chi connectivity index (χ0) is 37.3. The maximum atomic E-state index is 15.0. The third-order valence-electron chi connectivity index (χ3n) is 11.7. The SMILES string of the molecule is CCCCC(CC)CN1C(=O)/C(=C2\C(=O)N(CC(CC)CCCC)c3cc(-c4ccc5ccccc5c4)sc32)c2sc(-c3ccc4ccccc4c3)cc21. The summed E-state index contributed by atoms with van der Waals surface area (Å²) in [6.45, 7) is 10.3. The first-order valence-corrected chi connectivity index (χ1v) is 21.7. The maximum absolute atomic E-state index is 15.0. The molecule has 0 spiro atoms. The van der Waals surface area contributed by atoms with E-state index in [1.807, 2.05) is 9.80 Å². The highest BCUT2D eigenvalue weighted by Crippen LogP contribution is 2.54. The van der Waals surface area contributed by atoms with Crippen LogP contribution in [0.2, 0.25) is 0 Å². The van der Waals surface area contributed by atoms with Gasteiger partial charge in [0.1, 0.15) is 0 Å². The molecule has 4 nitrogen and oxygen atoms in total. The number of benzene rings is 4. The Morgan fingerprint density at radius 2 is 0.926 bits per heavy atom. The molecule has 2 atom stereocenters. The molecule has 2 aliphatic rings. The molecule has 6 aromatic rings. The average molecular weight is 751 g/mol. The molecular formula is C48H50N2O2S2. The molecule has 0 bridgehead atoms. The molecule has 6 heteroatoms. The largest absolute Gasteiger partial charge is 0.307 e. The molecule has 2 aliphatic heterocycles. The molecule has 2 aromatic heterocycles. The predicted octanol–water partition coefficient (Wildman–Crippen LogP) is 13.5. The Labute approximate surface area is 328 Å². The molecule has 54 heavy (non-hydrogen) atoms. The second-order valence-electron chi connectivity index (χ2n) is 15.2. The molecule has 0 fully saturated rings. The van der Waals surface area contributed by atoms with Crippen LogP contribution in [0.5, 0.6) is 0 Å². The van der Waals surface area contributed by atoms with Crippen LogP contribution in [0.15, 0.2) is 97.1 Å². The second kappa shape index (κ2) is 15.7. The topological polar surface area (TPSA) is 40.6 Å². The van der Waals surface area contributed by atoms with Crippen molar-refractivity contribution >= 4 is 78.6 Å². The van der Waals surface area contributed by atoms with Gasteiger partial charge in [0.25, 0.3) is 11.8 Å². The van der Waals surface area contributed by atoms with Crippen molar-refractivity contribution in [3.8, 4) is 20.9 Å². The highest BCUT2D eigenvalue weighted by molar-refractivity contribution is 7.19. The van der Waals surface area contributed by atoms with Crippen LogP contribution in [0.25, 0.3) is 53.6 Å². The van der Waals surface area contributed by atoms with E-state index in [1.54, 1.807) is 22.7 Å². The molecule has 8 rings (SSSR count). The van der Waals surface area contributed by atoms with Gasteiger partial charge in [-0.3, -0.25) is 9.59 Å². The fourth-order valence-corrected chi connectivity index (χ4v) is 10.7. The normalized spacial score (nSPS) is 16.5. The predicted molar refractivity (Wildman–Crippen MR) is 233 cm³/mol. The molecule has 4 aromatic carbocycles. The number of nitrogens with zero attached hydrogens (tertiary/aromatic N) is 2. The number of amides is 2. The Morgan fingerprint density at radius 3 is 1.31 bits per heavy atom. The minimum absolute atomic E-state index is 0.0221. The van der Waals surface area contributed by atoms with Crippen molar-refractivity contribution in [2.24, 2.45) is 11.8 Å². The molecule has 4 heterocycles. The van der Waals surface area contributed by atoms with E-state index in [2.05, 4.69) is 125 Å². The van der Waals surface area contributed by atoms with Gasteiger partial charge in [0.05, 0.1) is 32.3 Å². The Bertz CT molecular complexity index is 2220. The molecule has 2 amide bonds. The van der Waals surface area contributed by atoms with Gasteiger partial charge in [-0.2, -0.15) is 0 Å². The number of unbranched alkanes of at least 4 members (excludes halogenated alkanes) is 2. The van der Waals surface area contributed by atoms with Crippen molar-refractivity contribution in [3.63, 3.8) is 0 Å². The van der Waals surface area contributed by atoms with Crippen LogP contribution < -0.4 is 9.80 Å². The van der Waals surface area contributed by atoms with Gasteiger partial charge in [0.15, 0.2) is 0 Å². The van der Waals surface area contributed by atoms with Crippen molar-refractivity contribution in [1.29, 1.82) is 0 Å². The van der Waals surface area contributed by atoms with E-state index in [4.69, 9.17) is 0 Å². The molecule has 0 saturated heterocycles. The lowest BCUT2D eigenvalue weighted by atomic mass is 9.98. The zero-order valence-corrected chi connectivity index (χ0v) is 33.6. The first-order chi connectivity index (χ1) is 26.4. The van der Waals surface area contributed by atoms with Crippen molar-refractivity contribution in [1.82, 2.24) is 0 Å². The number of anilines is 2. The summed E-state index contributed by atoms with van der Waals surface area (Å²) >= 11 is 3.33. The summed E-state index contributed by atoms with van der Waals surface area (Å²) < 4.78 is 0. The first-order valence-electron chi connectivity index (χ1n) is 20.1. The summed E-state index contributed by atoms with van der Waals surface area (Å²) in [4.78, 5) is 38.1. The summed E-state index contributed by atoms with van der Waals surface area (Å²) in [5, 5.41) is 4.81.